The molecular weight excluding hydrogens is 462 g/mol. The van der Waals surface area contributed by atoms with Gasteiger partial charge in [-0.3, -0.25) is 4.79 Å². The van der Waals surface area contributed by atoms with E-state index in [9.17, 15) is 0 Å². The van der Waals surface area contributed by atoms with E-state index in [4.69, 9.17) is 19.8 Å². The van der Waals surface area contributed by atoms with Crippen molar-refractivity contribution in [3.8, 4) is 0 Å². The van der Waals surface area contributed by atoms with E-state index < -0.39 is 11.9 Å². The fourth-order valence-electron chi connectivity index (χ4n) is 2.41. The smallest absolute Gasteiger partial charge is 0.870 e. The molecule has 0 unspecified atom stereocenters. The maximum Gasteiger partial charge on any atom is 1.00 e. The predicted octanol–water partition coefficient (Wildman–Crippen LogP) is 3.02. The number of carbonyl (C=O) groups excluding carboxylic acids is 1. The average Bonchev–Trinajstić information content (AvgIpc) is 2.76. The van der Waals surface area contributed by atoms with Gasteiger partial charge < -0.3 is 20.5 Å². The third kappa shape index (κ3) is 170. The minimum Gasteiger partial charge on any atom is -0.870 e. The molecule has 0 rings (SSSR count). The summed E-state index contributed by atoms with van der Waals surface area (Å²) in [7, 11) is 0. The maximum absolute atomic E-state index is 9.00. The van der Waals surface area contributed by atoms with Crippen LogP contribution >= 0.6 is 0 Å². The maximum atomic E-state index is 9.00. The Morgan fingerprint density at radius 2 is 0.600 bits per heavy atom. The number of unbranched alkanes of at least 4 members (excludes halogenated alkanes) is 14. The molecule has 7 heteroatoms. The number of rotatable bonds is 14. The number of hydrogen-bond acceptors (Lipinski definition) is 4. The molecule has 5 nitrogen and oxygen atoms in total. The minimum atomic E-state index is -1.08. The predicted molar refractivity (Wildman–Crippen MR) is 145 cm³/mol. The molecule has 2 N–H and O–H groups in total. The van der Waals surface area contributed by atoms with Gasteiger partial charge >= 0.3 is 59.1 Å². The molecule has 35 heavy (non-hydrogen) atoms. The van der Waals surface area contributed by atoms with Crippen molar-refractivity contribution in [2.45, 2.75) is 172 Å². The zero-order chi connectivity index (χ0) is 26.5. The quantitative estimate of drug-likeness (QED) is 0.277. The van der Waals surface area contributed by atoms with Gasteiger partial charge in [0.05, 0.1) is 0 Å². The summed E-state index contributed by atoms with van der Waals surface area (Å²) in [5, 5.41) is 16.3. The minimum absolute atomic E-state index is 0. The first-order valence-corrected chi connectivity index (χ1v) is 13.7. The summed E-state index contributed by atoms with van der Waals surface area (Å²) in [5.41, 5.74) is 0. The van der Waals surface area contributed by atoms with E-state index in [0.29, 0.717) is 0 Å². The zero-order valence-corrected chi connectivity index (χ0v) is 30.4. The molecular formula is C28H64Na2O5. The first-order valence-electron chi connectivity index (χ1n) is 13.7. The third-order valence-corrected chi connectivity index (χ3v) is 3.91. The van der Waals surface area contributed by atoms with Gasteiger partial charge in [0.1, 0.15) is 0 Å². The molecule has 0 aromatic carbocycles. The van der Waals surface area contributed by atoms with E-state index in [1.165, 1.54) is 103 Å². The molecule has 0 saturated carbocycles. The molecule has 0 saturated heterocycles. The van der Waals surface area contributed by atoms with Crippen LogP contribution in [0.3, 0.4) is 0 Å². The molecule has 208 valence electrons. The van der Waals surface area contributed by atoms with Crippen molar-refractivity contribution in [1.29, 1.82) is 0 Å². The second-order valence-corrected chi connectivity index (χ2v) is 7.25. The van der Waals surface area contributed by atoms with Gasteiger partial charge in [-0.2, -0.15) is 0 Å². The molecule has 0 spiro atoms. The van der Waals surface area contributed by atoms with Gasteiger partial charge in [0.15, 0.2) is 0 Å². The van der Waals surface area contributed by atoms with Crippen LogP contribution in [-0.2, 0) is 9.59 Å². The van der Waals surface area contributed by atoms with Crippen LogP contribution in [-0.4, -0.2) is 22.5 Å². The van der Waals surface area contributed by atoms with E-state index in [-0.39, 0.29) is 64.6 Å². The molecule has 0 heterocycles. The Bertz CT molecular complexity index is 241. The second-order valence-electron chi connectivity index (χ2n) is 7.25. The summed E-state index contributed by atoms with van der Waals surface area (Å²) in [4.78, 5) is 17.9. The second kappa shape index (κ2) is 76.5. The fourth-order valence-corrected chi connectivity index (χ4v) is 2.41. The average molecular weight is 527 g/mol. The molecule has 0 amide bonds. The number of carbonyl (C=O) groups is 2. The van der Waals surface area contributed by atoms with E-state index in [0.717, 1.165) is 13.8 Å². The van der Waals surface area contributed by atoms with Crippen LogP contribution in [0.1, 0.15) is 172 Å². The fraction of sp³-hybridized carbons (Fsp3) is 0.929. The van der Waals surface area contributed by atoms with E-state index in [1.54, 1.807) is 0 Å². The summed E-state index contributed by atoms with van der Waals surface area (Å²) in [5.74, 6) is -1.92. The largest absolute Gasteiger partial charge is 1.00 e. The summed E-state index contributed by atoms with van der Waals surface area (Å²) >= 11 is 0. The number of carboxylic acids is 2. The number of hydrogen-bond donors (Lipinski definition) is 1. The van der Waals surface area contributed by atoms with Crippen LogP contribution in [0.5, 0.6) is 0 Å². The van der Waals surface area contributed by atoms with Crippen molar-refractivity contribution in [2.24, 2.45) is 0 Å². The van der Waals surface area contributed by atoms with Gasteiger partial charge in [0, 0.05) is 12.9 Å². The molecule has 0 radical (unpaired) electrons. The van der Waals surface area contributed by atoms with E-state index in [1.807, 2.05) is 27.7 Å². The molecule has 0 bridgehead atoms. The monoisotopic (exact) mass is 526 g/mol. The Balaban J connectivity index is -0.0000000362. The van der Waals surface area contributed by atoms with Crippen LogP contribution in [0.15, 0.2) is 0 Å². The van der Waals surface area contributed by atoms with E-state index >= 15 is 0 Å². The molecule has 0 aromatic rings. The van der Waals surface area contributed by atoms with Gasteiger partial charge in [-0.15, -0.1) is 0 Å². The van der Waals surface area contributed by atoms with Crippen molar-refractivity contribution in [3.63, 3.8) is 0 Å². The van der Waals surface area contributed by atoms with Crippen molar-refractivity contribution in [3.05, 3.63) is 0 Å². The number of carboxylic acid groups (broad SMARTS) is 2. The van der Waals surface area contributed by atoms with Gasteiger partial charge in [0.25, 0.3) is 5.97 Å². The standard InChI is InChI=1S/2C10H22.2C2H4O2.2C2H6.2Na.H2O/c2*1-3-5-7-9-10-8-6-4-2;2*1-2(3)4;2*1-2;;;/h2*3-10H2,1-2H3;2*1H3,(H,3,4);2*1-2H3;;;1H2/q;;;;;;2*+1;/p-2. The molecule has 0 atom stereocenters. The molecule has 0 aliphatic heterocycles. The Morgan fingerprint density at radius 3 is 0.686 bits per heavy atom. The van der Waals surface area contributed by atoms with Gasteiger partial charge in [0.2, 0.25) is 0 Å². The van der Waals surface area contributed by atoms with Crippen molar-refractivity contribution >= 4 is 11.9 Å². The molecule has 0 aromatic heterocycles. The topological polar surface area (TPSA) is 107 Å². The van der Waals surface area contributed by atoms with Crippen LogP contribution in [0.2, 0.25) is 0 Å². The first kappa shape index (κ1) is 60.4. The summed E-state index contributed by atoms with van der Waals surface area (Å²) in [6.45, 7) is 19.1. The normalized spacial score (nSPS) is 7.60. The summed E-state index contributed by atoms with van der Waals surface area (Å²) in [6, 6.07) is 0. The van der Waals surface area contributed by atoms with Crippen LogP contribution in [0.25, 0.3) is 0 Å². The first-order chi connectivity index (χ1) is 15.3. The van der Waals surface area contributed by atoms with Crippen LogP contribution in [0.4, 0.5) is 0 Å². The third-order valence-electron chi connectivity index (χ3n) is 3.91. The van der Waals surface area contributed by atoms with Crippen molar-refractivity contribution in [1.82, 2.24) is 0 Å². The van der Waals surface area contributed by atoms with Gasteiger partial charge in [-0.25, -0.2) is 0 Å². The SMILES string of the molecule is CC.CC.CC(=O)O.CC(=O)[O-].CCCCCCCCCC.CCCCCCCCCC.[Na+].[Na+].[OH-]. The van der Waals surface area contributed by atoms with Gasteiger partial charge in [-0.1, -0.05) is 158 Å². The van der Waals surface area contributed by atoms with Crippen molar-refractivity contribution in [2.75, 3.05) is 0 Å². The molecule has 0 aliphatic rings. The summed E-state index contributed by atoms with van der Waals surface area (Å²) in [6.07, 6.45) is 22.9. The number of aliphatic carboxylic acids is 2. The Kier molecular flexibility index (Phi) is 132. The summed E-state index contributed by atoms with van der Waals surface area (Å²) < 4.78 is 0. The molecule has 0 fully saturated rings. The van der Waals surface area contributed by atoms with Crippen molar-refractivity contribution < 1.29 is 84.4 Å². The zero-order valence-electron chi connectivity index (χ0n) is 26.4. The van der Waals surface area contributed by atoms with Crippen LogP contribution < -0.4 is 64.2 Å². The Morgan fingerprint density at radius 1 is 0.514 bits per heavy atom. The van der Waals surface area contributed by atoms with E-state index in [2.05, 4.69) is 27.7 Å². The van der Waals surface area contributed by atoms with Crippen LogP contribution in [0, 0.1) is 0 Å². The van der Waals surface area contributed by atoms with Gasteiger partial charge in [-0.05, 0) is 6.92 Å². The Hall–Kier alpha value is 0.900. The molecule has 0 aliphatic carbocycles. The Labute approximate surface area is 266 Å².